The van der Waals surface area contributed by atoms with Crippen molar-refractivity contribution in [3.8, 4) is 17.0 Å². The molecular weight excluding hydrogens is 434 g/mol. The number of pyridine rings is 1. The molecule has 0 bridgehead atoms. The highest BCUT2D eigenvalue weighted by atomic mass is 16.5. The van der Waals surface area contributed by atoms with Crippen LogP contribution in [0.1, 0.15) is 20.8 Å². The molecule has 0 aliphatic carbocycles. The average molecular weight is 453 g/mol. The van der Waals surface area contributed by atoms with Crippen molar-refractivity contribution in [1.29, 1.82) is 0 Å². The fourth-order valence-corrected chi connectivity index (χ4v) is 3.44. The van der Waals surface area contributed by atoms with E-state index in [1.165, 1.54) is 6.20 Å². The summed E-state index contributed by atoms with van der Waals surface area (Å²) in [7, 11) is 1.60. The van der Waals surface area contributed by atoms with Crippen LogP contribution in [0, 0.1) is 0 Å². The first kappa shape index (κ1) is 20.9. The van der Waals surface area contributed by atoms with Crippen molar-refractivity contribution < 1.29 is 14.3 Å². The van der Waals surface area contributed by atoms with Crippen molar-refractivity contribution in [3.63, 3.8) is 0 Å². The first-order valence-corrected chi connectivity index (χ1v) is 10.3. The van der Waals surface area contributed by atoms with Crippen LogP contribution >= 0.6 is 0 Å². The van der Waals surface area contributed by atoms with Crippen molar-refractivity contribution >= 4 is 34.7 Å². The lowest BCUT2D eigenvalue weighted by atomic mass is 10.1. The monoisotopic (exact) mass is 453 g/mol. The Bertz CT molecular complexity index is 1470. The van der Waals surface area contributed by atoms with Crippen LogP contribution in [0.2, 0.25) is 0 Å². The van der Waals surface area contributed by atoms with Crippen LogP contribution in [0.15, 0.2) is 73.1 Å². The molecule has 0 aliphatic rings. The summed E-state index contributed by atoms with van der Waals surface area (Å²) >= 11 is 0. The Morgan fingerprint density at radius 2 is 1.68 bits per heavy atom. The summed E-state index contributed by atoms with van der Waals surface area (Å²) < 4.78 is 5.18. The SMILES string of the molecule is COc1ccc(-c2cccc(C(=O)Nc3nc4c(C(=O)Nc5ncc[nH]5)cccc4[nH]3)n2)cc1. The molecule has 0 saturated carbocycles. The molecule has 2 amide bonds. The number of nitrogens with zero attached hydrogens (tertiary/aromatic N) is 3. The highest BCUT2D eigenvalue weighted by Gasteiger charge is 2.17. The minimum absolute atomic E-state index is 0.204. The van der Waals surface area contributed by atoms with Crippen molar-refractivity contribution in [1.82, 2.24) is 24.9 Å². The summed E-state index contributed by atoms with van der Waals surface area (Å²) in [6.45, 7) is 0. The number of H-pyrrole nitrogens is 2. The van der Waals surface area contributed by atoms with Crippen molar-refractivity contribution in [3.05, 3.63) is 84.3 Å². The summed E-state index contributed by atoms with van der Waals surface area (Å²) in [5.41, 5.74) is 3.09. The molecular formula is C24H19N7O3. The summed E-state index contributed by atoms with van der Waals surface area (Å²) in [5.74, 6) is 0.457. The minimum atomic E-state index is -0.434. The summed E-state index contributed by atoms with van der Waals surface area (Å²) in [4.78, 5) is 44.2. The van der Waals surface area contributed by atoms with E-state index >= 15 is 0 Å². The number of carbonyl (C=O) groups is 2. The second-order valence-electron chi connectivity index (χ2n) is 7.27. The molecule has 0 radical (unpaired) electrons. The molecule has 3 aromatic heterocycles. The van der Waals surface area contributed by atoms with Crippen molar-refractivity contribution in [2.45, 2.75) is 0 Å². The van der Waals surface area contributed by atoms with E-state index < -0.39 is 5.91 Å². The average Bonchev–Trinajstić information content (AvgIpc) is 3.53. The molecule has 34 heavy (non-hydrogen) atoms. The lowest BCUT2D eigenvalue weighted by molar-refractivity contribution is 0.101. The first-order valence-electron chi connectivity index (χ1n) is 10.3. The molecule has 10 heteroatoms. The molecule has 0 saturated heterocycles. The fraction of sp³-hybridized carbons (Fsp3) is 0.0417. The summed E-state index contributed by atoms with van der Waals surface area (Å²) in [6.07, 6.45) is 3.14. The number of imidazole rings is 2. The predicted molar refractivity (Wildman–Crippen MR) is 127 cm³/mol. The smallest absolute Gasteiger partial charge is 0.276 e. The van der Waals surface area contributed by atoms with Gasteiger partial charge in [-0.15, -0.1) is 0 Å². The van der Waals surface area contributed by atoms with E-state index in [9.17, 15) is 9.59 Å². The van der Waals surface area contributed by atoms with Crippen LogP contribution in [0.25, 0.3) is 22.3 Å². The van der Waals surface area contributed by atoms with Crippen LogP contribution in [0.4, 0.5) is 11.9 Å². The molecule has 0 unspecified atom stereocenters. The normalized spacial score (nSPS) is 10.7. The van der Waals surface area contributed by atoms with Gasteiger partial charge in [-0.05, 0) is 48.5 Å². The Labute approximate surface area is 193 Å². The van der Waals surface area contributed by atoms with E-state index in [1.54, 1.807) is 43.6 Å². The Morgan fingerprint density at radius 1 is 0.882 bits per heavy atom. The lowest BCUT2D eigenvalue weighted by Gasteiger charge is -2.06. The number of nitrogens with one attached hydrogen (secondary N) is 4. The van der Waals surface area contributed by atoms with E-state index in [1.807, 2.05) is 30.3 Å². The van der Waals surface area contributed by atoms with E-state index in [2.05, 4.69) is 35.6 Å². The fourth-order valence-electron chi connectivity index (χ4n) is 3.44. The quantitative estimate of drug-likeness (QED) is 0.308. The maximum atomic E-state index is 12.9. The molecule has 0 atom stereocenters. The molecule has 5 rings (SSSR count). The first-order chi connectivity index (χ1) is 16.6. The number of aromatic amines is 2. The van der Waals surface area contributed by atoms with Gasteiger partial charge >= 0.3 is 0 Å². The number of rotatable bonds is 6. The predicted octanol–water partition coefficient (Wildman–Crippen LogP) is 3.86. The molecule has 4 N–H and O–H groups in total. The second-order valence-corrected chi connectivity index (χ2v) is 7.27. The van der Waals surface area contributed by atoms with Crippen LogP contribution in [0.5, 0.6) is 5.75 Å². The van der Waals surface area contributed by atoms with Gasteiger partial charge in [0.2, 0.25) is 11.9 Å². The summed E-state index contributed by atoms with van der Waals surface area (Å²) in [6, 6.07) is 17.7. The van der Waals surface area contributed by atoms with Gasteiger partial charge in [-0.1, -0.05) is 12.1 Å². The second kappa shape index (κ2) is 8.87. The van der Waals surface area contributed by atoms with Gasteiger partial charge in [-0.2, -0.15) is 0 Å². The van der Waals surface area contributed by atoms with Crippen molar-refractivity contribution in [2.75, 3.05) is 17.7 Å². The van der Waals surface area contributed by atoms with E-state index in [-0.39, 0.29) is 17.5 Å². The number of amides is 2. The van der Waals surface area contributed by atoms with Crippen LogP contribution in [-0.2, 0) is 0 Å². The standard InChI is InChI=1S/C24H19N7O3/c1-34-15-10-8-14(9-11-15)17-5-3-7-19(27-17)22(33)31-24-28-18-6-2-4-16(20(18)29-24)21(32)30-23-25-12-13-26-23/h2-13H,1H3,(H2,25,26,30,32)(H2,28,29,31,33). The molecule has 168 valence electrons. The van der Waals surface area contributed by atoms with Gasteiger partial charge in [-0.3, -0.25) is 20.2 Å². The Hall–Kier alpha value is -4.99. The van der Waals surface area contributed by atoms with Gasteiger partial charge in [0.25, 0.3) is 11.8 Å². The number of para-hydroxylation sites is 1. The van der Waals surface area contributed by atoms with E-state index in [4.69, 9.17) is 4.74 Å². The van der Waals surface area contributed by atoms with Crippen molar-refractivity contribution in [2.24, 2.45) is 0 Å². The van der Waals surface area contributed by atoms with Gasteiger partial charge in [0.05, 0.1) is 23.9 Å². The number of ether oxygens (including phenoxy) is 1. The maximum absolute atomic E-state index is 12.9. The minimum Gasteiger partial charge on any atom is -0.497 e. The lowest BCUT2D eigenvalue weighted by Crippen LogP contribution is -2.15. The zero-order valence-corrected chi connectivity index (χ0v) is 18.0. The third-order valence-electron chi connectivity index (χ3n) is 5.09. The molecule has 0 spiro atoms. The van der Waals surface area contributed by atoms with Gasteiger partial charge in [-0.25, -0.2) is 15.0 Å². The third kappa shape index (κ3) is 4.19. The number of fused-ring (bicyclic) bond motifs is 1. The molecule has 2 aromatic carbocycles. The van der Waals surface area contributed by atoms with Crippen LogP contribution in [-0.4, -0.2) is 43.8 Å². The van der Waals surface area contributed by atoms with Crippen LogP contribution < -0.4 is 15.4 Å². The Kier molecular flexibility index (Phi) is 5.45. The Balaban J connectivity index is 1.37. The van der Waals surface area contributed by atoms with Crippen LogP contribution in [0.3, 0.4) is 0 Å². The third-order valence-corrected chi connectivity index (χ3v) is 5.09. The number of aromatic nitrogens is 5. The number of hydrogen-bond donors (Lipinski definition) is 4. The zero-order valence-electron chi connectivity index (χ0n) is 18.0. The number of anilines is 2. The maximum Gasteiger partial charge on any atom is 0.276 e. The number of methoxy groups -OCH3 is 1. The number of hydrogen-bond acceptors (Lipinski definition) is 6. The highest BCUT2D eigenvalue weighted by molar-refractivity contribution is 6.11. The number of carbonyl (C=O) groups excluding carboxylic acids is 2. The molecule has 10 nitrogen and oxygen atoms in total. The molecule has 0 fully saturated rings. The zero-order chi connectivity index (χ0) is 23.5. The van der Waals surface area contributed by atoms with E-state index in [0.717, 1.165) is 11.3 Å². The highest BCUT2D eigenvalue weighted by Crippen LogP contribution is 2.22. The molecule has 5 aromatic rings. The van der Waals surface area contributed by atoms with Gasteiger partial charge in [0, 0.05) is 18.0 Å². The van der Waals surface area contributed by atoms with Gasteiger partial charge in [0.15, 0.2) is 0 Å². The molecule has 3 heterocycles. The van der Waals surface area contributed by atoms with Gasteiger partial charge < -0.3 is 14.7 Å². The van der Waals surface area contributed by atoms with Gasteiger partial charge in [0.1, 0.15) is 17.0 Å². The number of benzene rings is 2. The molecule has 0 aliphatic heterocycles. The Morgan fingerprint density at radius 3 is 2.44 bits per heavy atom. The largest absolute Gasteiger partial charge is 0.497 e. The summed E-state index contributed by atoms with van der Waals surface area (Å²) in [5, 5.41) is 5.39. The van der Waals surface area contributed by atoms with E-state index in [0.29, 0.717) is 28.2 Å². The topological polar surface area (TPSA) is 138 Å².